The zero-order chi connectivity index (χ0) is 20.8. The van der Waals surface area contributed by atoms with E-state index in [0.717, 1.165) is 0 Å². The summed E-state index contributed by atoms with van der Waals surface area (Å²) in [5.74, 6) is 0.222. The number of carbonyl (C=O) groups excluding carboxylic acids is 2. The molecule has 0 aromatic carbocycles. The fourth-order valence-corrected chi connectivity index (χ4v) is 2.39. The molecule has 0 rings (SSSR count). The number of ketones is 2. The maximum atomic E-state index is 12.4. The van der Waals surface area contributed by atoms with Crippen LogP contribution in [-0.4, -0.2) is 36.0 Å². The molecule has 0 aliphatic rings. The van der Waals surface area contributed by atoms with Gasteiger partial charge < -0.3 is 9.84 Å². The molecule has 0 aliphatic carbocycles. The van der Waals surface area contributed by atoms with Crippen LogP contribution in [0.2, 0.25) is 0 Å². The predicted octanol–water partition coefficient (Wildman–Crippen LogP) is 4.74. The zero-order valence-electron chi connectivity index (χ0n) is 17.7. The van der Waals surface area contributed by atoms with E-state index in [1.807, 2.05) is 38.2 Å². The minimum atomic E-state index is -1.02. The van der Waals surface area contributed by atoms with E-state index < -0.39 is 12.2 Å². The molecule has 0 amide bonds. The van der Waals surface area contributed by atoms with E-state index in [1.54, 1.807) is 19.9 Å². The van der Waals surface area contributed by atoms with Crippen LogP contribution in [0.4, 0.5) is 0 Å². The molecule has 0 aliphatic heterocycles. The van der Waals surface area contributed by atoms with Crippen LogP contribution in [-0.2, 0) is 14.3 Å². The Morgan fingerprint density at radius 2 is 1.78 bits per heavy atom. The molecule has 0 aromatic rings. The van der Waals surface area contributed by atoms with Crippen molar-refractivity contribution in [3.8, 4) is 0 Å². The standard InChI is InChI=1S/C23H36O4/c1-7-20(24)15-14-19(5)22(26)23(27-6)21(25)16-13-18(4)12-10-8-9-11-17(2)3/h8-12,14,18,22-23,26H,7,13,15-16H2,1-6H3/b9-8+,12-10+,19-14+/t18-,22-,23?/m1/s1. The van der Waals surface area contributed by atoms with Gasteiger partial charge in [-0.3, -0.25) is 9.59 Å². The highest BCUT2D eigenvalue weighted by Gasteiger charge is 2.27. The molecule has 152 valence electrons. The number of allylic oxidation sites excluding steroid dienone is 7. The molecule has 0 radical (unpaired) electrons. The smallest absolute Gasteiger partial charge is 0.164 e. The van der Waals surface area contributed by atoms with E-state index >= 15 is 0 Å². The fourth-order valence-electron chi connectivity index (χ4n) is 2.39. The van der Waals surface area contributed by atoms with Crippen molar-refractivity contribution in [2.24, 2.45) is 5.92 Å². The fraction of sp³-hybridized carbons (Fsp3) is 0.565. The quantitative estimate of drug-likeness (QED) is 0.372. The first-order valence-corrected chi connectivity index (χ1v) is 9.63. The maximum Gasteiger partial charge on any atom is 0.164 e. The lowest BCUT2D eigenvalue weighted by Gasteiger charge is -2.21. The Kier molecular flexibility index (Phi) is 13.4. The van der Waals surface area contributed by atoms with Crippen molar-refractivity contribution in [2.75, 3.05) is 7.11 Å². The van der Waals surface area contributed by atoms with Crippen molar-refractivity contribution >= 4 is 11.6 Å². The van der Waals surface area contributed by atoms with Crippen LogP contribution in [0, 0.1) is 5.92 Å². The van der Waals surface area contributed by atoms with Crippen molar-refractivity contribution in [3.05, 3.63) is 47.6 Å². The third-order valence-corrected chi connectivity index (χ3v) is 4.31. The maximum absolute atomic E-state index is 12.4. The molecule has 1 unspecified atom stereocenters. The molecular formula is C23H36O4. The number of Topliss-reactive ketones (excluding diaryl/α,β-unsaturated/α-hetero) is 2. The number of rotatable bonds is 13. The summed E-state index contributed by atoms with van der Waals surface area (Å²) in [6.07, 6.45) is 11.5. The minimum Gasteiger partial charge on any atom is -0.386 e. The van der Waals surface area contributed by atoms with Gasteiger partial charge >= 0.3 is 0 Å². The summed E-state index contributed by atoms with van der Waals surface area (Å²) >= 11 is 0. The Morgan fingerprint density at radius 1 is 1.11 bits per heavy atom. The van der Waals surface area contributed by atoms with Gasteiger partial charge in [0.2, 0.25) is 0 Å². The van der Waals surface area contributed by atoms with Gasteiger partial charge in [-0.2, -0.15) is 0 Å². The lowest BCUT2D eigenvalue weighted by molar-refractivity contribution is -0.134. The third-order valence-electron chi connectivity index (χ3n) is 4.31. The first-order chi connectivity index (χ1) is 12.7. The molecule has 0 bridgehead atoms. The van der Waals surface area contributed by atoms with Crippen molar-refractivity contribution in [1.29, 1.82) is 0 Å². The van der Waals surface area contributed by atoms with E-state index in [0.29, 0.717) is 24.8 Å². The number of aliphatic hydroxyl groups excluding tert-OH is 1. The number of hydrogen-bond donors (Lipinski definition) is 1. The average Bonchev–Trinajstić information content (AvgIpc) is 2.63. The molecule has 0 spiro atoms. The summed E-state index contributed by atoms with van der Waals surface area (Å²) in [5.41, 5.74) is 1.83. The van der Waals surface area contributed by atoms with Gasteiger partial charge in [0.25, 0.3) is 0 Å². The van der Waals surface area contributed by atoms with Gasteiger partial charge in [0, 0.05) is 26.4 Å². The molecule has 0 heterocycles. The van der Waals surface area contributed by atoms with Gasteiger partial charge in [-0.25, -0.2) is 0 Å². The van der Waals surface area contributed by atoms with Gasteiger partial charge in [-0.05, 0) is 38.7 Å². The summed E-state index contributed by atoms with van der Waals surface area (Å²) in [4.78, 5) is 23.9. The zero-order valence-corrected chi connectivity index (χ0v) is 17.7. The SMILES string of the molecule is CCC(=O)C/C=C(\C)[C@@H](O)C(OC)C(=O)CC[C@H](C)/C=C/C=C/C=C(C)C. The van der Waals surface area contributed by atoms with Crippen LogP contribution < -0.4 is 0 Å². The highest BCUT2D eigenvalue weighted by molar-refractivity contribution is 5.84. The summed E-state index contributed by atoms with van der Waals surface area (Å²) < 4.78 is 5.23. The van der Waals surface area contributed by atoms with Gasteiger partial charge in [0.15, 0.2) is 5.78 Å². The summed E-state index contributed by atoms with van der Waals surface area (Å²) in [6, 6.07) is 0. The number of ether oxygens (including phenoxy) is 1. The molecule has 0 saturated carbocycles. The molecule has 3 atom stereocenters. The van der Waals surface area contributed by atoms with Crippen molar-refractivity contribution in [3.63, 3.8) is 0 Å². The lowest BCUT2D eigenvalue weighted by Crippen LogP contribution is -2.36. The predicted molar refractivity (Wildman–Crippen MR) is 112 cm³/mol. The number of carbonyl (C=O) groups is 2. The van der Waals surface area contributed by atoms with E-state index in [4.69, 9.17) is 4.74 Å². The molecule has 4 nitrogen and oxygen atoms in total. The van der Waals surface area contributed by atoms with Crippen LogP contribution >= 0.6 is 0 Å². The van der Waals surface area contributed by atoms with Crippen LogP contribution in [0.15, 0.2) is 47.6 Å². The summed E-state index contributed by atoms with van der Waals surface area (Å²) in [6.45, 7) is 9.66. The lowest BCUT2D eigenvalue weighted by atomic mass is 9.95. The van der Waals surface area contributed by atoms with Gasteiger partial charge in [-0.1, -0.05) is 55.9 Å². The first kappa shape index (κ1) is 25.2. The summed E-state index contributed by atoms with van der Waals surface area (Å²) in [5, 5.41) is 10.4. The van der Waals surface area contributed by atoms with Crippen LogP contribution in [0.1, 0.15) is 60.3 Å². The second-order valence-corrected chi connectivity index (χ2v) is 7.14. The molecule has 27 heavy (non-hydrogen) atoms. The van der Waals surface area contributed by atoms with Crippen LogP contribution in [0.3, 0.4) is 0 Å². The molecule has 0 fully saturated rings. The van der Waals surface area contributed by atoms with Gasteiger partial charge in [-0.15, -0.1) is 0 Å². The van der Waals surface area contributed by atoms with E-state index in [-0.39, 0.29) is 23.9 Å². The summed E-state index contributed by atoms with van der Waals surface area (Å²) in [7, 11) is 1.42. The molecular weight excluding hydrogens is 340 g/mol. The topological polar surface area (TPSA) is 63.6 Å². The average molecular weight is 377 g/mol. The Morgan fingerprint density at radius 3 is 2.33 bits per heavy atom. The monoisotopic (exact) mass is 376 g/mol. The number of aliphatic hydroxyl groups is 1. The normalized spacial score (nSPS) is 15.7. The van der Waals surface area contributed by atoms with Crippen molar-refractivity contribution in [2.45, 2.75) is 72.5 Å². The third kappa shape index (κ3) is 11.5. The van der Waals surface area contributed by atoms with Gasteiger partial charge in [0.05, 0.1) is 0 Å². The second-order valence-electron chi connectivity index (χ2n) is 7.14. The Bertz CT molecular complexity index is 577. The number of hydrogen-bond acceptors (Lipinski definition) is 4. The largest absolute Gasteiger partial charge is 0.386 e. The Balaban J connectivity index is 4.62. The van der Waals surface area contributed by atoms with Gasteiger partial charge in [0.1, 0.15) is 18.0 Å². The highest BCUT2D eigenvalue weighted by atomic mass is 16.5. The Labute approximate surface area is 164 Å². The van der Waals surface area contributed by atoms with E-state index in [9.17, 15) is 14.7 Å². The van der Waals surface area contributed by atoms with Crippen molar-refractivity contribution in [1.82, 2.24) is 0 Å². The highest BCUT2D eigenvalue weighted by Crippen LogP contribution is 2.16. The van der Waals surface area contributed by atoms with E-state index in [2.05, 4.69) is 13.0 Å². The Hall–Kier alpha value is -1.78. The molecule has 4 heteroatoms. The number of methoxy groups -OCH3 is 1. The molecule has 1 N–H and O–H groups in total. The van der Waals surface area contributed by atoms with Crippen LogP contribution in [0.25, 0.3) is 0 Å². The van der Waals surface area contributed by atoms with Crippen molar-refractivity contribution < 1.29 is 19.4 Å². The minimum absolute atomic E-state index is 0.0982. The first-order valence-electron chi connectivity index (χ1n) is 9.63. The van der Waals surface area contributed by atoms with Crippen LogP contribution in [0.5, 0.6) is 0 Å². The second kappa shape index (κ2) is 14.3. The molecule has 0 saturated heterocycles. The van der Waals surface area contributed by atoms with E-state index in [1.165, 1.54) is 12.7 Å². The molecule has 0 aromatic heterocycles.